The van der Waals surface area contributed by atoms with E-state index in [2.05, 4.69) is 31.0 Å². The van der Waals surface area contributed by atoms with Crippen LogP contribution in [-0.4, -0.2) is 37.8 Å². The molecule has 2 atom stereocenters. The SMILES string of the molecule is Cc1cc(N2CC3CCC(C2)C3Cc2nc(Oc3cccc(Cl)c3)n(C)n2)ncn1. The zero-order valence-electron chi connectivity index (χ0n) is 17.2. The monoisotopic (exact) mass is 424 g/mol. The van der Waals surface area contributed by atoms with Crippen LogP contribution < -0.4 is 9.64 Å². The highest BCUT2D eigenvalue weighted by atomic mass is 35.5. The van der Waals surface area contributed by atoms with Crippen molar-refractivity contribution in [2.45, 2.75) is 26.2 Å². The van der Waals surface area contributed by atoms with E-state index in [0.717, 1.165) is 36.8 Å². The molecule has 3 heterocycles. The molecular formula is C22H25ClN6O. The predicted octanol–water partition coefficient (Wildman–Crippen LogP) is 4.06. The Labute approximate surface area is 181 Å². The Bertz CT molecular complexity index is 1040. The van der Waals surface area contributed by atoms with Crippen LogP contribution >= 0.6 is 11.6 Å². The van der Waals surface area contributed by atoms with Gasteiger partial charge in [-0.1, -0.05) is 17.7 Å². The van der Waals surface area contributed by atoms with E-state index in [9.17, 15) is 0 Å². The Balaban J connectivity index is 1.28. The fraction of sp³-hybridized carbons (Fsp3) is 0.455. The van der Waals surface area contributed by atoms with Gasteiger partial charge in [0.15, 0.2) is 5.82 Å². The van der Waals surface area contributed by atoms with Crippen molar-refractivity contribution in [3.8, 4) is 11.8 Å². The van der Waals surface area contributed by atoms with Crippen LogP contribution in [0, 0.1) is 24.7 Å². The lowest BCUT2D eigenvalue weighted by Gasteiger charge is -2.38. The molecule has 2 bridgehead atoms. The molecule has 0 radical (unpaired) electrons. The number of hydrogen-bond acceptors (Lipinski definition) is 6. The molecule has 156 valence electrons. The van der Waals surface area contributed by atoms with E-state index in [4.69, 9.17) is 16.3 Å². The number of aryl methyl sites for hydroxylation is 2. The first-order valence-electron chi connectivity index (χ1n) is 10.4. The summed E-state index contributed by atoms with van der Waals surface area (Å²) >= 11 is 6.05. The van der Waals surface area contributed by atoms with Crippen LogP contribution in [0.2, 0.25) is 5.02 Å². The molecule has 0 amide bonds. The van der Waals surface area contributed by atoms with Gasteiger partial charge in [-0.25, -0.2) is 14.6 Å². The average molecular weight is 425 g/mol. The van der Waals surface area contributed by atoms with Crippen LogP contribution in [0.4, 0.5) is 5.82 Å². The lowest BCUT2D eigenvalue weighted by Crippen LogP contribution is -2.43. The summed E-state index contributed by atoms with van der Waals surface area (Å²) in [6.07, 6.45) is 5.07. The second-order valence-electron chi connectivity index (χ2n) is 8.38. The second-order valence-corrected chi connectivity index (χ2v) is 8.82. The molecular weight excluding hydrogens is 400 g/mol. The molecule has 3 aromatic rings. The first-order valence-corrected chi connectivity index (χ1v) is 10.8. The summed E-state index contributed by atoms with van der Waals surface area (Å²) in [4.78, 5) is 15.8. The first-order chi connectivity index (χ1) is 14.5. The predicted molar refractivity (Wildman–Crippen MR) is 115 cm³/mol. The number of benzene rings is 1. The van der Waals surface area contributed by atoms with E-state index >= 15 is 0 Å². The van der Waals surface area contributed by atoms with Gasteiger partial charge in [0.25, 0.3) is 0 Å². The van der Waals surface area contributed by atoms with Gasteiger partial charge in [-0.3, -0.25) is 0 Å². The smallest absolute Gasteiger partial charge is 0.320 e. The van der Waals surface area contributed by atoms with Gasteiger partial charge in [0.2, 0.25) is 0 Å². The van der Waals surface area contributed by atoms with Crippen LogP contribution in [0.5, 0.6) is 11.8 Å². The summed E-state index contributed by atoms with van der Waals surface area (Å²) in [7, 11) is 1.87. The van der Waals surface area contributed by atoms with Crippen molar-refractivity contribution in [2.24, 2.45) is 24.8 Å². The van der Waals surface area contributed by atoms with Crippen LogP contribution in [0.25, 0.3) is 0 Å². The maximum atomic E-state index is 6.05. The number of halogens is 1. The largest absolute Gasteiger partial charge is 0.424 e. The first kappa shape index (κ1) is 19.3. The normalized spacial score (nSPS) is 23.0. The third kappa shape index (κ3) is 3.86. The van der Waals surface area contributed by atoms with E-state index in [1.54, 1.807) is 17.1 Å². The van der Waals surface area contributed by atoms with Crippen molar-refractivity contribution in [2.75, 3.05) is 18.0 Å². The summed E-state index contributed by atoms with van der Waals surface area (Å²) in [6, 6.07) is 9.90. The third-order valence-electron chi connectivity index (χ3n) is 6.33. The molecule has 8 heteroatoms. The molecule has 1 aromatic carbocycles. The Kier molecular flexibility index (Phi) is 5.06. The van der Waals surface area contributed by atoms with Gasteiger partial charge in [-0.2, -0.15) is 10.1 Å². The minimum atomic E-state index is 0.494. The van der Waals surface area contributed by atoms with Crippen molar-refractivity contribution in [1.29, 1.82) is 0 Å². The quantitative estimate of drug-likeness (QED) is 0.615. The molecule has 1 aliphatic heterocycles. The van der Waals surface area contributed by atoms with Crippen molar-refractivity contribution in [3.63, 3.8) is 0 Å². The molecule has 30 heavy (non-hydrogen) atoms. The molecule has 5 rings (SSSR count). The lowest BCUT2D eigenvalue weighted by molar-refractivity contribution is 0.264. The number of anilines is 1. The highest BCUT2D eigenvalue weighted by Crippen LogP contribution is 2.44. The van der Waals surface area contributed by atoms with E-state index in [1.807, 2.05) is 32.2 Å². The number of hydrogen-bond donors (Lipinski definition) is 0. The number of aromatic nitrogens is 5. The van der Waals surface area contributed by atoms with Crippen LogP contribution in [0.3, 0.4) is 0 Å². The van der Waals surface area contributed by atoms with Crippen LogP contribution in [-0.2, 0) is 13.5 Å². The Morgan fingerprint density at radius 1 is 1.13 bits per heavy atom. The van der Waals surface area contributed by atoms with Crippen molar-refractivity contribution >= 4 is 17.4 Å². The molecule has 2 aliphatic rings. The van der Waals surface area contributed by atoms with Crippen LogP contribution in [0.1, 0.15) is 24.4 Å². The van der Waals surface area contributed by atoms with Gasteiger partial charge in [-0.15, -0.1) is 0 Å². The minimum absolute atomic E-state index is 0.494. The van der Waals surface area contributed by atoms with Gasteiger partial charge in [0, 0.05) is 43.3 Å². The summed E-state index contributed by atoms with van der Waals surface area (Å²) < 4.78 is 7.60. The fourth-order valence-electron chi connectivity index (χ4n) is 4.91. The molecule has 7 nitrogen and oxygen atoms in total. The molecule has 2 aromatic heterocycles. The maximum absolute atomic E-state index is 6.05. The molecule has 2 unspecified atom stereocenters. The summed E-state index contributed by atoms with van der Waals surface area (Å²) in [5, 5.41) is 5.26. The summed E-state index contributed by atoms with van der Waals surface area (Å²) in [5.74, 6) is 4.44. The number of nitrogens with zero attached hydrogens (tertiary/aromatic N) is 6. The topological polar surface area (TPSA) is 69.0 Å². The number of fused-ring (bicyclic) bond motifs is 2. The number of ether oxygens (including phenoxy) is 1. The van der Waals surface area contributed by atoms with Gasteiger partial charge < -0.3 is 9.64 Å². The van der Waals surface area contributed by atoms with Gasteiger partial charge in [0.1, 0.15) is 17.9 Å². The molecule has 2 fully saturated rings. The summed E-state index contributed by atoms with van der Waals surface area (Å²) in [6.45, 7) is 4.09. The van der Waals surface area contributed by atoms with Crippen LogP contribution in [0.15, 0.2) is 36.7 Å². The summed E-state index contributed by atoms with van der Waals surface area (Å²) in [5.41, 5.74) is 1.01. The maximum Gasteiger partial charge on any atom is 0.320 e. The van der Waals surface area contributed by atoms with Crippen molar-refractivity contribution in [3.05, 3.63) is 53.2 Å². The van der Waals surface area contributed by atoms with E-state index in [-0.39, 0.29) is 0 Å². The molecule has 1 saturated heterocycles. The highest BCUT2D eigenvalue weighted by molar-refractivity contribution is 6.30. The molecule has 1 aliphatic carbocycles. The van der Waals surface area contributed by atoms with Crippen molar-refractivity contribution < 1.29 is 4.74 Å². The van der Waals surface area contributed by atoms with Gasteiger partial charge in [-0.05, 0) is 55.7 Å². The van der Waals surface area contributed by atoms with E-state index < -0.39 is 0 Å². The standard InChI is InChI=1S/C22H25ClN6O/c1-14-8-21(25-13-24-14)29-11-15-6-7-16(12-29)19(15)10-20-26-22(28(2)27-20)30-18-5-3-4-17(23)9-18/h3-5,8-9,13,15-16,19H,6-7,10-12H2,1-2H3. The highest BCUT2D eigenvalue weighted by Gasteiger charge is 2.42. The molecule has 1 saturated carbocycles. The Morgan fingerprint density at radius 2 is 1.93 bits per heavy atom. The van der Waals surface area contributed by atoms with Crippen molar-refractivity contribution in [1.82, 2.24) is 24.7 Å². The second kappa shape index (κ2) is 7.87. The lowest BCUT2D eigenvalue weighted by atomic mass is 9.82. The molecule has 0 spiro atoms. The Morgan fingerprint density at radius 3 is 2.67 bits per heavy atom. The van der Waals surface area contributed by atoms with E-state index in [0.29, 0.717) is 34.5 Å². The minimum Gasteiger partial charge on any atom is -0.424 e. The third-order valence-corrected chi connectivity index (χ3v) is 6.57. The average Bonchev–Trinajstić information content (AvgIpc) is 3.16. The zero-order valence-corrected chi connectivity index (χ0v) is 18.0. The fourth-order valence-corrected chi connectivity index (χ4v) is 5.09. The number of piperidine rings is 1. The number of rotatable bonds is 5. The van der Waals surface area contributed by atoms with Gasteiger partial charge >= 0.3 is 6.01 Å². The van der Waals surface area contributed by atoms with Gasteiger partial charge in [0.05, 0.1) is 0 Å². The Hall–Kier alpha value is -2.67. The zero-order chi connectivity index (χ0) is 20.7. The molecule has 0 N–H and O–H groups in total. The van der Waals surface area contributed by atoms with E-state index in [1.165, 1.54) is 12.8 Å².